The zero-order valence-corrected chi connectivity index (χ0v) is 27.0. The zero-order chi connectivity index (χ0) is 29.8. The van der Waals surface area contributed by atoms with Gasteiger partial charge in [-0.2, -0.15) is 0 Å². The number of nitrogen functional groups attached to an aromatic ring is 1. The van der Waals surface area contributed by atoms with Crippen molar-refractivity contribution in [2.45, 2.75) is 168 Å². The summed E-state index contributed by atoms with van der Waals surface area (Å²) >= 11 is 0. The molecule has 0 aliphatic rings. The van der Waals surface area contributed by atoms with E-state index in [9.17, 15) is 0 Å². The first kappa shape index (κ1) is 40.6. The molecular weight excluding hydrogens is 490 g/mol. The van der Waals surface area contributed by atoms with E-state index in [1.807, 2.05) is 0 Å². The SMILES string of the molecule is CCCCCCCCC=CCCCCCCCCN.CCCCCCCCCCCCN.Nc1ccc(O)cc1. The Bertz CT molecular complexity index is 557. The third kappa shape index (κ3) is 38.6. The highest BCUT2D eigenvalue weighted by Gasteiger charge is 1.92. The summed E-state index contributed by atoms with van der Waals surface area (Å²) in [6.45, 7) is 6.28. The molecule has 0 atom stereocenters. The molecule has 0 aromatic heterocycles. The fraction of sp³-hybridized carbons (Fsp3) is 0.778. The minimum Gasteiger partial charge on any atom is -0.508 e. The summed E-state index contributed by atoms with van der Waals surface area (Å²) in [6, 6.07) is 6.40. The van der Waals surface area contributed by atoms with Crippen LogP contribution in [0.5, 0.6) is 5.75 Å². The molecule has 1 aromatic rings. The van der Waals surface area contributed by atoms with E-state index in [0.717, 1.165) is 13.1 Å². The second-order valence-electron chi connectivity index (χ2n) is 11.3. The monoisotopic (exact) mass is 562 g/mol. The normalized spacial score (nSPS) is 10.7. The number of allylic oxidation sites excluding steroid dienone is 2. The fourth-order valence-corrected chi connectivity index (χ4v) is 4.50. The van der Waals surface area contributed by atoms with Gasteiger partial charge in [-0.1, -0.05) is 142 Å². The van der Waals surface area contributed by atoms with E-state index in [4.69, 9.17) is 22.3 Å². The summed E-state index contributed by atoms with van der Waals surface area (Å²) in [4.78, 5) is 0. The van der Waals surface area contributed by atoms with Gasteiger partial charge in [0.25, 0.3) is 0 Å². The summed E-state index contributed by atoms with van der Waals surface area (Å²) in [5.41, 5.74) is 16.9. The van der Waals surface area contributed by atoms with Crippen LogP contribution in [0.1, 0.15) is 168 Å². The number of phenols is 1. The van der Waals surface area contributed by atoms with Crippen LogP contribution in [0, 0.1) is 0 Å². The van der Waals surface area contributed by atoms with Crippen LogP contribution in [0.15, 0.2) is 36.4 Å². The van der Waals surface area contributed by atoms with Crippen molar-refractivity contribution in [2.75, 3.05) is 18.8 Å². The predicted molar refractivity (Wildman–Crippen MR) is 182 cm³/mol. The van der Waals surface area contributed by atoms with E-state index >= 15 is 0 Å². The smallest absolute Gasteiger partial charge is 0.115 e. The van der Waals surface area contributed by atoms with E-state index in [0.29, 0.717) is 5.69 Å². The summed E-state index contributed by atoms with van der Waals surface area (Å²) in [6.07, 6.45) is 37.8. The number of phenolic OH excluding ortho intramolecular Hbond substituents is 1. The lowest BCUT2D eigenvalue weighted by atomic mass is 10.1. The van der Waals surface area contributed by atoms with Crippen LogP contribution in [0.4, 0.5) is 5.69 Å². The molecular formula is C36H71N3O. The molecule has 0 heterocycles. The van der Waals surface area contributed by atoms with Gasteiger partial charge in [0, 0.05) is 5.69 Å². The molecule has 0 bridgehead atoms. The molecule has 0 saturated heterocycles. The minimum absolute atomic E-state index is 0.249. The van der Waals surface area contributed by atoms with Crippen LogP contribution < -0.4 is 17.2 Å². The third-order valence-corrected chi connectivity index (χ3v) is 7.17. The molecule has 0 amide bonds. The molecule has 0 aliphatic carbocycles. The zero-order valence-electron chi connectivity index (χ0n) is 27.0. The van der Waals surface area contributed by atoms with Gasteiger partial charge in [-0.3, -0.25) is 0 Å². The Balaban J connectivity index is 0. The summed E-state index contributed by atoms with van der Waals surface area (Å²) in [5, 5.41) is 8.70. The molecule has 1 rings (SSSR count). The van der Waals surface area contributed by atoms with Crippen LogP contribution in [-0.4, -0.2) is 18.2 Å². The number of rotatable bonds is 25. The largest absolute Gasteiger partial charge is 0.508 e. The fourth-order valence-electron chi connectivity index (χ4n) is 4.50. The van der Waals surface area contributed by atoms with Crippen molar-refractivity contribution in [1.29, 1.82) is 0 Å². The lowest BCUT2D eigenvalue weighted by molar-refractivity contribution is 0.475. The Morgan fingerprint density at radius 3 is 1.07 bits per heavy atom. The molecule has 236 valence electrons. The number of unbranched alkanes of at least 4 members (excludes halogenated alkanes) is 21. The maximum atomic E-state index is 8.70. The van der Waals surface area contributed by atoms with E-state index in [1.165, 1.54) is 154 Å². The van der Waals surface area contributed by atoms with Crippen molar-refractivity contribution in [3.05, 3.63) is 36.4 Å². The average molecular weight is 562 g/mol. The highest BCUT2D eigenvalue weighted by molar-refractivity contribution is 5.40. The summed E-state index contributed by atoms with van der Waals surface area (Å²) in [7, 11) is 0. The predicted octanol–water partition coefficient (Wildman–Crippen LogP) is 10.8. The number of anilines is 1. The molecule has 0 spiro atoms. The van der Waals surface area contributed by atoms with Crippen LogP contribution in [-0.2, 0) is 0 Å². The van der Waals surface area contributed by atoms with Crippen molar-refractivity contribution < 1.29 is 5.11 Å². The van der Waals surface area contributed by atoms with Gasteiger partial charge >= 0.3 is 0 Å². The minimum atomic E-state index is 0.249. The lowest BCUT2D eigenvalue weighted by Crippen LogP contribution is -1.97. The van der Waals surface area contributed by atoms with Crippen LogP contribution in [0.2, 0.25) is 0 Å². The number of benzene rings is 1. The van der Waals surface area contributed by atoms with Crippen molar-refractivity contribution in [3.8, 4) is 5.75 Å². The van der Waals surface area contributed by atoms with Gasteiger partial charge in [-0.25, -0.2) is 0 Å². The van der Waals surface area contributed by atoms with Gasteiger partial charge in [0.1, 0.15) is 5.75 Å². The average Bonchev–Trinajstić information content (AvgIpc) is 2.96. The molecule has 0 unspecified atom stereocenters. The van der Waals surface area contributed by atoms with Crippen LogP contribution in [0.3, 0.4) is 0 Å². The molecule has 0 fully saturated rings. The van der Waals surface area contributed by atoms with Gasteiger partial charge in [-0.15, -0.1) is 0 Å². The first-order valence-electron chi connectivity index (χ1n) is 17.2. The number of hydrogen-bond donors (Lipinski definition) is 4. The first-order chi connectivity index (χ1) is 19.6. The second kappa shape index (κ2) is 37.5. The van der Waals surface area contributed by atoms with Gasteiger partial charge < -0.3 is 22.3 Å². The molecule has 4 heteroatoms. The number of aromatic hydroxyl groups is 1. The summed E-state index contributed by atoms with van der Waals surface area (Å²) < 4.78 is 0. The Kier molecular flexibility index (Phi) is 38.1. The van der Waals surface area contributed by atoms with Crippen LogP contribution >= 0.6 is 0 Å². The van der Waals surface area contributed by atoms with Gasteiger partial charge in [0.05, 0.1) is 0 Å². The lowest BCUT2D eigenvalue weighted by Gasteiger charge is -2.00. The topological polar surface area (TPSA) is 98.3 Å². The van der Waals surface area contributed by atoms with Crippen molar-refractivity contribution >= 4 is 5.69 Å². The first-order valence-corrected chi connectivity index (χ1v) is 17.2. The van der Waals surface area contributed by atoms with E-state index in [2.05, 4.69) is 26.0 Å². The number of nitrogens with two attached hydrogens (primary N) is 3. The third-order valence-electron chi connectivity index (χ3n) is 7.17. The molecule has 0 radical (unpaired) electrons. The van der Waals surface area contributed by atoms with E-state index < -0.39 is 0 Å². The van der Waals surface area contributed by atoms with Gasteiger partial charge in [0.15, 0.2) is 0 Å². The van der Waals surface area contributed by atoms with Crippen LogP contribution in [0.25, 0.3) is 0 Å². The highest BCUT2D eigenvalue weighted by atomic mass is 16.3. The molecule has 40 heavy (non-hydrogen) atoms. The Morgan fingerprint density at radius 1 is 0.475 bits per heavy atom. The second-order valence-corrected chi connectivity index (χ2v) is 11.3. The molecule has 4 nitrogen and oxygen atoms in total. The van der Waals surface area contributed by atoms with Gasteiger partial charge in [0.2, 0.25) is 0 Å². The van der Waals surface area contributed by atoms with Crippen molar-refractivity contribution in [1.82, 2.24) is 0 Å². The molecule has 0 aliphatic heterocycles. The molecule has 0 saturated carbocycles. The van der Waals surface area contributed by atoms with E-state index in [1.54, 1.807) is 24.3 Å². The maximum Gasteiger partial charge on any atom is 0.115 e. The van der Waals surface area contributed by atoms with Crippen molar-refractivity contribution in [3.63, 3.8) is 0 Å². The number of hydrogen-bond acceptors (Lipinski definition) is 4. The van der Waals surface area contributed by atoms with Crippen molar-refractivity contribution in [2.24, 2.45) is 11.5 Å². The van der Waals surface area contributed by atoms with Gasteiger partial charge in [-0.05, 0) is 75.9 Å². The Labute approximate surface area is 251 Å². The Hall–Kier alpha value is -1.52. The molecule has 1 aromatic carbocycles. The quantitative estimate of drug-likeness (QED) is 0.0413. The molecule has 7 N–H and O–H groups in total. The van der Waals surface area contributed by atoms with E-state index in [-0.39, 0.29) is 5.75 Å². The summed E-state index contributed by atoms with van der Waals surface area (Å²) in [5.74, 6) is 0.249. The maximum absolute atomic E-state index is 8.70. The Morgan fingerprint density at radius 2 is 0.775 bits per heavy atom. The standard InChI is InChI=1S/C18H37N.C12H27N.C6H7NO/c1-2-3-4-5-6-7-8-9-10-11-12-13-14-15-16-17-18-19;1-2-3-4-5-6-7-8-9-10-11-12-13;7-5-1-3-6(8)4-2-5/h9-10H,2-8,11-19H2,1H3;2-13H2,1H3;1-4,8H,7H2. The highest BCUT2D eigenvalue weighted by Crippen LogP contribution is 2.11.